The fourth-order valence-corrected chi connectivity index (χ4v) is 2.21. The largest absolute Gasteiger partial charge is 0.247 e. The standard InChI is InChI=1S/C9H10ClN3S/c1-7-2-3-9(14-7)6-13-5-8(4-10)11-12-13/h2-3,5H,4,6H2,1H3. The lowest BCUT2D eigenvalue weighted by Crippen LogP contribution is -1.97. The highest BCUT2D eigenvalue weighted by Crippen LogP contribution is 2.15. The van der Waals surface area contributed by atoms with E-state index in [0.717, 1.165) is 12.2 Å². The Morgan fingerprint density at radius 1 is 1.50 bits per heavy atom. The molecule has 2 heterocycles. The smallest absolute Gasteiger partial charge is 0.0974 e. The van der Waals surface area contributed by atoms with Crippen LogP contribution in [-0.4, -0.2) is 15.0 Å². The van der Waals surface area contributed by atoms with Gasteiger partial charge in [-0.25, -0.2) is 4.68 Å². The van der Waals surface area contributed by atoms with Gasteiger partial charge in [0.2, 0.25) is 0 Å². The molecule has 0 saturated carbocycles. The maximum atomic E-state index is 5.63. The zero-order valence-corrected chi connectivity index (χ0v) is 9.35. The molecule has 0 bridgehead atoms. The molecule has 0 spiro atoms. The Labute approximate surface area is 91.3 Å². The SMILES string of the molecule is Cc1ccc(Cn2cc(CCl)nn2)s1. The first-order chi connectivity index (χ1) is 6.78. The summed E-state index contributed by atoms with van der Waals surface area (Å²) in [5, 5.41) is 7.90. The Kier molecular flexibility index (Phi) is 2.84. The summed E-state index contributed by atoms with van der Waals surface area (Å²) >= 11 is 7.41. The second-order valence-electron chi connectivity index (χ2n) is 3.05. The van der Waals surface area contributed by atoms with Crippen LogP contribution >= 0.6 is 22.9 Å². The summed E-state index contributed by atoms with van der Waals surface area (Å²) in [4.78, 5) is 2.60. The van der Waals surface area contributed by atoms with Crippen LogP contribution < -0.4 is 0 Å². The number of thiophene rings is 1. The van der Waals surface area contributed by atoms with Gasteiger partial charge in [0.05, 0.1) is 24.3 Å². The molecule has 0 saturated heterocycles. The van der Waals surface area contributed by atoms with E-state index in [2.05, 4.69) is 29.4 Å². The predicted octanol–water partition coefficient (Wildman–Crippen LogP) is 2.44. The van der Waals surface area contributed by atoms with Gasteiger partial charge in [0.25, 0.3) is 0 Å². The van der Waals surface area contributed by atoms with Gasteiger partial charge in [0.1, 0.15) is 0 Å². The van der Waals surface area contributed by atoms with Crippen LogP contribution in [0, 0.1) is 6.92 Å². The van der Waals surface area contributed by atoms with E-state index in [1.54, 1.807) is 11.3 Å². The molecule has 0 N–H and O–H groups in total. The highest BCUT2D eigenvalue weighted by Gasteiger charge is 2.01. The fraction of sp³-hybridized carbons (Fsp3) is 0.333. The Bertz CT molecular complexity index is 421. The van der Waals surface area contributed by atoms with Crippen LogP contribution in [0.4, 0.5) is 0 Å². The molecule has 0 amide bonds. The van der Waals surface area contributed by atoms with Crippen LogP contribution in [0.1, 0.15) is 15.4 Å². The third kappa shape index (κ3) is 2.13. The van der Waals surface area contributed by atoms with Crippen molar-refractivity contribution in [3.63, 3.8) is 0 Å². The molecule has 0 atom stereocenters. The zero-order valence-electron chi connectivity index (χ0n) is 7.77. The summed E-state index contributed by atoms with van der Waals surface area (Å²) in [5.74, 6) is 0.420. The molecule has 0 aliphatic heterocycles. The van der Waals surface area contributed by atoms with Crippen molar-refractivity contribution in [3.05, 3.63) is 33.8 Å². The van der Waals surface area contributed by atoms with Crippen LogP contribution in [0.5, 0.6) is 0 Å². The summed E-state index contributed by atoms with van der Waals surface area (Å²) in [5.41, 5.74) is 0.819. The van der Waals surface area contributed by atoms with E-state index in [9.17, 15) is 0 Å². The lowest BCUT2D eigenvalue weighted by atomic mass is 10.4. The average molecular weight is 228 g/mol. The minimum Gasteiger partial charge on any atom is -0.247 e. The summed E-state index contributed by atoms with van der Waals surface area (Å²) in [6, 6.07) is 4.22. The van der Waals surface area contributed by atoms with Crippen molar-refractivity contribution in [2.45, 2.75) is 19.3 Å². The Morgan fingerprint density at radius 2 is 2.36 bits per heavy atom. The minimum atomic E-state index is 0.420. The molecule has 2 aromatic heterocycles. The topological polar surface area (TPSA) is 30.7 Å². The van der Waals surface area contributed by atoms with Crippen LogP contribution in [-0.2, 0) is 12.4 Å². The van der Waals surface area contributed by atoms with Crippen molar-refractivity contribution < 1.29 is 0 Å². The summed E-state index contributed by atoms with van der Waals surface area (Å²) in [7, 11) is 0. The van der Waals surface area contributed by atoms with Crippen molar-refractivity contribution in [2.75, 3.05) is 0 Å². The molecule has 2 rings (SSSR count). The molecule has 74 valence electrons. The van der Waals surface area contributed by atoms with Crippen molar-refractivity contribution in [1.29, 1.82) is 0 Å². The van der Waals surface area contributed by atoms with E-state index in [0.29, 0.717) is 5.88 Å². The maximum Gasteiger partial charge on any atom is 0.0974 e. The number of rotatable bonds is 3. The van der Waals surface area contributed by atoms with Crippen molar-refractivity contribution in [3.8, 4) is 0 Å². The zero-order chi connectivity index (χ0) is 9.97. The van der Waals surface area contributed by atoms with Gasteiger partial charge in [0.15, 0.2) is 0 Å². The van der Waals surface area contributed by atoms with Gasteiger partial charge in [-0.15, -0.1) is 28.0 Å². The van der Waals surface area contributed by atoms with Crippen molar-refractivity contribution in [2.24, 2.45) is 0 Å². The molecule has 3 nitrogen and oxygen atoms in total. The Hall–Kier alpha value is -0.870. The predicted molar refractivity (Wildman–Crippen MR) is 57.7 cm³/mol. The monoisotopic (exact) mass is 227 g/mol. The van der Waals surface area contributed by atoms with E-state index >= 15 is 0 Å². The molecule has 0 aromatic carbocycles. The molecule has 2 aromatic rings. The minimum absolute atomic E-state index is 0.420. The second kappa shape index (κ2) is 4.11. The molecule has 0 unspecified atom stereocenters. The fourth-order valence-electron chi connectivity index (χ4n) is 1.21. The molecular weight excluding hydrogens is 218 g/mol. The number of aromatic nitrogens is 3. The molecule has 0 fully saturated rings. The molecule has 0 radical (unpaired) electrons. The third-order valence-electron chi connectivity index (χ3n) is 1.84. The number of hydrogen-bond acceptors (Lipinski definition) is 3. The van der Waals surface area contributed by atoms with Gasteiger partial charge < -0.3 is 0 Å². The number of halogens is 1. The average Bonchev–Trinajstić information content (AvgIpc) is 2.76. The van der Waals surface area contributed by atoms with Crippen molar-refractivity contribution >= 4 is 22.9 Å². The number of alkyl halides is 1. The van der Waals surface area contributed by atoms with Crippen LogP contribution in [0.25, 0.3) is 0 Å². The highest BCUT2D eigenvalue weighted by molar-refractivity contribution is 7.11. The van der Waals surface area contributed by atoms with Gasteiger partial charge >= 0.3 is 0 Å². The van der Waals surface area contributed by atoms with Crippen LogP contribution in [0.2, 0.25) is 0 Å². The molecule has 0 aliphatic carbocycles. The first-order valence-electron chi connectivity index (χ1n) is 4.28. The second-order valence-corrected chi connectivity index (χ2v) is 4.69. The molecule has 5 heteroatoms. The van der Waals surface area contributed by atoms with E-state index in [1.807, 2.05) is 10.9 Å². The molecular formula is C9H10ClN3S. The Morgan fingerprint density at radius 3 is 2.93 bits per heavy atom. The van der Waals surface area contributed by atoms with Gasteiger partial charge in [-0.3, -0.25) is 0 Å². The van der Waals surface area contributed by atoms with Gasteiger partial charge in [-0.2, -0.15) is 0 Å². The lowest BCUT2D eigenvalue weighted by Gasteiger charge is -1.94. The molecule has 0 aliphatic rings. The number of hydrogen-bond donors (Lipinski definition) is 0. The molecule has 14 heavy (non-hydrogen) atoms. The maximum absolute atomic E-state index is 5.63. The highest BCUT2D eigenvalue weighted by atomic mass is 35.5. The summed E-state index contributed by atoms with van der Waals surface area (Å²) < 4.78 is 1.81. The summed E-state index contributed by atoms with van der Waals surface area (Å²) in [6.07, 6.45) is 1.88. The van der Waals surface area contributed by atoms with Crippen LogP contribution in [0.3, 0.4) is 0 Å². The van der Waals surface area contributed by atoms with Crippen LogP contribution in [0.15, 0.2) is 18.3 Å². The van der Waals surface area contributed by atoms with E-state index < -0.39 is 0 Å². The van der Waals surface area contributed by atoms with Crippen molar-refractivity contribution in [1.82, 2.24) is 15.0 Å². The number of nitrogens with zero attached hydrogens (tertiary/aromatic N) is 3. The van der Waals surface area contributed by atoms with Gasteiger partial charge in [-0.05, 0) is 19.1 Å². The van der Waals surface area contributed by atoms with E-state index in [4.69, 9.17) is 11.6 Å². The van der Waals surface area contributed by atoms with Gasteiger partial charge in [-0.1, -0.05) is 5.21 Å². The third-order valence-corrected chi connectivity index (χ3v) is 3.10. The van der Waals surface area contributed by atoms with E-state index in [1.165, 1.54) is 9.75 Å². The number of aryl methyl sites for hydroxylation is 1. The summed E-state index contributed by atoms with van der Waals surface area (Å²) in [6.45, 7) is 2.88. The normalized spacial score (nSPS) is 10.7. The Balaban J connectivity index is 2.10. The van der Waals surface area contributed by atoms with Gasteiger partial charge in [0, 0.05) is 9.75 Å². The lowest BCUT2D eigenvalue weighted by molar-refractivity contribution is 0.655. The first kappa shape index (κ1) is 9.68. The quantitative estimate of drug-likeness (QED) is 0.755. The van der Waals surface area contributed by atoms with E-state index in [-0.39, 0.29) is 0 Å². The first-order valence-corrected chi connectivity index (χ1v) is 5.63.